The maximum atomic E-state index is 12.7. The molecular formula is C14H16F3N. The molecule has 0 spiro atoms. The van der Waals surface area contributed by atoms with E-state index in [1.54, 1.807) is 0 Å². The molecule has 3 rings (SSSR count). The lowest BCUT2D eigenvalue weighted by Crippen LogP contribution is -2.44. The molecule has 1 N–H and O–H groups in total. The van der Waals surface area contributed by atoms with Gasteiger partial charge < -0.3 is 0 Å². The average Bonchev–Trinajstić information content (AvgIpc) is 3.18. The van der Waals surface area contributed by atoms with Gasteiger partial charge in [-0.2, -0.15) is 13.2 Å². The first-order valence-corrected chi connectivity index (χ1v) is 6.41. The van der Waals surface area contributed by atoms with E-state index in [0.29, 0.717) is 12.5 Å². The number of halogens is 3. The van der Waals surface area contributed by atoms with Crippen molar-refractivity contribution in [3.63, 3.8) is 0 Å². The quantitative estimate of drug-likeness (QED) is 0.864. The van der Waals surface area contributed by atoms with Gasteiger partial charge in [-0.05, 0) is 42.7 Å². The number of nitrogens with one attached hydrogen (secondary N) is 1. The predicted molar refractivity (Wildman–Crippen MR) is 63.3 cm³/mol. The zero-order valence-corrected chi connectivity index (χ0v) is 10.1. The first-order valence-electron chi connectivity index (χ1n) is 6.41. The first kappa shape index (κ1) is 12.0. The Morgan fingerprint density at radius 2 is 1.72 bits per heavy atom. The molecule has 2 saturated carbocycles. The summed E-state index contributed by atoms with van der Waals surface area (Å²) in [6.45, 7) is 0.296. The van der Waals surface area contributed by atoms with Gasteiger partial charge in [0.25, 0.3) is 0 Å². The topological polar surface area (TPSA) is 12.0 Å². The second kappa shape index (κ2) is 3.98. The summed E-state index contributed by atoms with van der Waals surface area (Å²) >= 11 is 0. The van der Waals surface area contributed by atoms with E-state index in [1.165, 1.54) is 18.4 Å². The second-order valence-corrected chi connectivity index (χ2v) is 5.45. The van der Waals surface area contributed by atoms with Gasteiger partial charge in [0.05, 0.1) is 0 Å². The minimum Gasteiger partial charge on any atom is -0.299 e. The molecule has 0 bridgehead atoms. The molecule has 0 aliphatic heterocycles. The van der Waals surface area contributed by atoms with Crippen LogP contribution < -0.4 is 5.32 Å². The normalized spacial score (nSPS) is 21.9. The van der Waals surface area contributed by atoms with E-state index in [2.05, 4.69) is 5.32 Å². The molecule has 0 aromatic heterocycles. The number of benzene rings is 1. The molecule has 1 nitrogen and oxygen atoms in total. The highest BCUT2D eigenvalue weighted by Crippen LogP contribution is 2.49. The monoisotopic (exact) mass is 255 g/mol. The Hall–Kier alpha value is -1.03. The molecule has 0 heterocycles. The van der Waals surface area contributed by atoms with Crippen molar-refractivity contribution in [2.75, 3.05) is 0 Å². The summed E-state index contributed by atoms with van der Waals surface area (Å²) in [5, 5.41) is 2.67. The Morgan fingerprint density at radius 1 is 1.11 bits per heavy atom. The van der Waals surface area contributed by atoms with Crippen LogP contribution in [0.15, 0.2) is 24.3 Å². The largest absolute Gasteiger partial charge is 0.406 e. The van der Waals surface area contributed by atoms with Crippen molar-refractivity contribution in [2.24, 2.45) is 0 Å². The van der Waals surface area contributed by atoms with Crippen molar-refractivity contribution in [3.8, 4) is 0 Å². The zero-order chi connectivity index (χ0) is 12.8. The summed E-state index contributed by atoms with van der Waals surface area (Å²) in [5.74, 6) is 0.692. The molecule has 0 amide bonds. The van der Waals surface area contributed by atoms with Gasteiger partial charge in [0, 0.05) is 6.54 Å². The number of alkyl halides is 3. The molecule has 1 aromatic carbocycles. The van der Waals surface area contributed by atoms with Crippen LogP contribution in [0.4, 0.5) is 13.2 Å². The lowest BCUT2D eigenvalue weighted by molar-refractivity contribution is -0.166. The zero-order valence-electron chi connectivity index (χ0n) is 10.1. The minimum atomic E-state index is -4.12. The molecule has 2 aliphatic rings. The van der Waals surface area contributed by atoms with Crippen molar-refractivity contribution >= 4 is 0 Å². The molecule has 0 unspecified atom stereocenters. The van der Waals surface area contributed by atoms with Gasteiger partial charge in [-0.1, -0.05) is 24.3 Å². The second-order valence-electron chi connectivity index (χ2n) is 5.45. The van der Waals surface area contributed by atoms with Crippen LogP contribution in [-0.2, 0) is 6.54 Å². The third-order valence-corrected chi connectivity index (χ3v) is 3.95. The van der Waals surface area contributed by atoms with Crippen LogP contribution in [-0.4, -0.2) is 11.7 Å². The highest BCUT2D eigenvalue weighted by atomic mass is 19.4. The van der Waals surface area contributed by atoms with Gasteiger partial charge in [0.1, 0.15) is 5.54 Å². The highest BCUT2D eigenvalue weighted by Gasteiger charge is 2.62. The van der Waals surface area contributed by atoms with E-state index in [1.807, 2.05) is 24.3 Å². The highest BCUT2D eigenvalue weighted by molar-refractivity contribution is 5.28. The van der Waals surface area contributed by atoms with E-state index >= 15 is 0 Å². The van der Waals surface area contributed by atoms with E-state index in [4.69, 9.17) is 0 Å². The fourth-order valence-electron chi connectivity index (χ4n) is 2.28. The molecule has 2 fully saturated rings. The molecule has 98 valence electrons. The van der Waals surface area contributed by atoms with Gasteiger partial charge in [-0.3, -0.25) is 5.32 Å². The van der Waals surface area contributed by atoms with E-state index in [9.17, 15) is 13.2 Å². The van der Waals surface area contributed by atoms with Gasteiger partial charge >= 0.3 is 6.18 Å². The molecular weight excluding hydrogens is 239 g/mol. The lowest BCUT2D eigenvalue weighted by Gasteiger charge is -2.20. The third kappa shape index (κ3) is 2.26. The van der Waals surface area contributed by atoms with Crippen LogP contribution in [0, 0.1) is 0 Å². The van der Waals surface area contributed by atoms with Crippen LogP contribution in [0.25, 0.3) is 0 Å². The molecule has 2 aliphatic carbocycles. The summed E-state index contributed by atoms with van der Waals surface area (Å²) < 4.78 is 38.1. The summed E-state index contributed by atoms with van der Waals surface area (Å²) in [6, 6.07) is 7.96. The SMILES string of the molecule is FC(F)(F)C1(NCc2ccc(C3CC3)cc2)CC1. The standard InChI is InChI=1S/C14H16F3N/c15-14(16,17)13(7-8-13)18-9-10-1-3-11(4-2-10)12-5-6-12/h1-4,12,18H,5-9H2. The summed E-state index contributed by atoms with van der Waals surface area (Å²) in [4.78, 5) is 0. The van der Waals surface area contributed by atoms with Crippen LogP contribution in [0.5, 0.6) is 0 Å². The first-order chi connectivity index (χ1) is 8.50. The molecule has 0 atom stereocenters. The van der Waals surface area contributed by atoms with Crippen molar-refractivity contribution in [1.29, 1.82) is 0 Å². The van der Waals surface area contributed by atoms with Crippen LogP contribution in [0.3, 0.4) is 0 Å². The molecule has 18 heavy (non-hydrogen) atoms. The van der Waals surface area contributed by atoms with E-state index in [-0.39, 0.29) is 12.8 Å². The molecule has 0 saturated heterocycles. The Bertz CT molecular complexity index is 427. The Balaban J connectivity index is 1.60. The number of hydrogen-bond acceptors (Lipinski definition) is 1. The van der Waals surface area contributed by atoms with Crippen LogP contribution >= 0.6 is 0 Å². The maximum absolute atomic E-state index is 12.7. The number of rotatable bonds is 4. The fourth-order valence-corrected chi connectivity index (χ4v) is 2.28. The Kier molecular flexibility index (Phi) is 2.66. The van der Waals surface area contributed by atoms with E-state index in [0.717, 1.165) is 5.56 Å². The van der Waals surface area contributed by atoms with Crippen molar-refractivity contribution < 1.29 is 13.2 Å². The van der Waals surface area contributed by atoms with Gasteiger partial charge in [0.2, 0.25) is 0 Å². The van der Waals surface area contributed by atoms with Crippen molar-refractivity contribution in [1.82, 2.24) is 5.32 Å². The van der Waals surface area contributed by atoms with Gasteiger partial charge in [-0.15, -0.1) is 0 Å². The van der Waals surface area contributed by atoms with Crippen molar-refractivity contribution in [2.45, 2.75) is 49.9 Å². The Labute approximate surface area is 104 Å². The average molecular weight is 255 g/mol. The molecule has 1 aromatic rings. The fraction of sp³-hybridized carbons (Fsp3) is 0.571. The van der Waals surface area contributed by atoms with Crippen molar-refractivity contribution in [3.05, 3.63) is 35.4 Å². The molecule has 0 radical (unpaired) electrons. The van der Waals surface area contributed by atoms with Gasteiger partial charge in [0.15, 0.2) is 0 Å². The lowest BCUT2D eigenvalue weighted by atomic mass is 10.1. The summed E-state index contributed by atoms with van der Waals surface area (Å²) in [6.07, 6.45) is -1.22. The smallest absolute Gasteiger partial charge is 0.299 e. The summed E-state index contributed by atoms with van der Waals surface area (Å²) in [7, 11) is 0. The minimum absolute atomic E-state index is 0.205. The van der Waals surface area contributed by atoms with Gasteiger partial charge in [-0.25, -0.2) is 0 Å². The Morgan fingerprint density at radius 3 is 2.17 bits per heavy atom. The van der Waals surface area contributed by atoms with Crippen LogP contribution in [0.1, 0.15) is 42.7 Å². The molecule has 4 heteroatoms. The number of hydrogen-bond donors (Lipinski definition) is 1. The third-order valence-electron chi connectivity index (χ3n) is 3.95. The maximum Gasteiger partial charge on any atom is 0.406 e. The van der Waals surface area contributed by atoms with E-state index < -0.39 is 11.7 Å². The summed E-state index contributed by atoms with van der Waals surface area (Å²) in [5.41, 5.74) is 0.632. The van der Waals surface area contributed by atoms with Crippen LogP contribution in [0.2, 0.25) is 0 Å². The predicted octanol–water partition coefficient (Wildman–Crippen LogP) is 3.75.